The lowest BCUT2D eigenvalue weighted by atomic mass is 10.2. The molecule has 2 rings (SSSR count). The zero-order chi connectivity index (χ0) is 14.9. The molecule has 0 unspecified atom stereocenters. The van der Waals surface area contributed by atoms with Gasteiger partial charge in [-0.3, -0.25) is 0 Å². The molecule has 108 valence electrons. The van der Waals surface area contributed by atoms with Gasteiger partial charge in [0, 0.05) is 12.1 Å². The predicted octanol–water partition coefficient (Wildman–Crippen LogP) is 2.30. The third-order valence-corrected chi connectivity index (χ3v) is 2.66. The minimum atomic E-state index is -4.51. The van der Waals surface area contributed by atoms with E-state index in [1.54, 1.807) is 0 Å². The van der Waals surface area contributed by atoms with E-state index in [1.807, 2.05) is 13.8 Å². The molecule has 0 amide bonds. The normalized spacial score (nSPS) is 12.2. The lowest BCUT2D eigenvalue weighted by Crippen LogP contribution is -2.10. The van der Waals surface area contributed by atoms with E-state index in [0.29, 0.717) is 5.82 Å². The highest BCUT2D eigenvalue weighted by atomic mass is 19.4. The summed E-state index contributed by atoms with van der Waals surface area (Å²) in [5.74, 6) is 0.568. The fraction of sp³-hybridized carbons (Fsp3) is 0.417. The van der Waals surface area contributed by atoms with Crippen molar-refractivity contribution in [2.24, 2.45) is 0 Å². The van der Waals surface area contributed by atoms with E-state index in [9.17, 15) is 18.3 Å². The van der Waals surface area contributed by atoms with E-state index in [1.165, 1.54) is 6.20 Å². The number of rotatable bonds is 3. The lowest BCUT2D eigenvalue weighted by Gasteiger charge is -2.10. The third kappa shape index (κ3) is 2.79. The van der Waals surface area contributed by atoms with Crippen molar-refractivity contribution in [1.29, 1.82) is 0 Å². The minimum absolute atomic E-state index is 0.0534. The Morgan fingerprint density at radius 3 is 2.55 bits per heavy atom. The van der Waals surface area contributed by atoms with Gasteiger partial charge in [-0.1, -0.05) is 13.8 Å². The molecule has 8 heteroatoms. The van der Waals surface area contributed by atoms with Crippen LogP contribution in [-0.2, 0) is 12.8 Å². The van der Waals surface area contributed by atoms with Crippen LogP contribution in [0.3, 0.4) is 0 Å². The number of alkyl halides is 3. The first-order valence-corrected chi connectivity index (χ1v) is 5.93. The molecule has 2 aromatic rings. The zero-order valence-corrected chi connectivity index (χ0v) is 10.9. The molecular formula is C12H13F3N4O. The van der Waals surface area contributed by atoms with Gasteiger partial charge in [-0.15, -0.1) is 0 Å². The molecule has 0 spiro atoms. The van der Waals surface area contributed by atoms with E-state index in [4.69, 9.17) is 0 Å². The summed E-state index contributed by atoms with van der Waals surface area (Å²) in [4.78, 5) is 8.21. The Balaban J connectivity index is 2.45. The van der Waals surface area contributed by atoms with Crippen molar-refractivity contribution in [3.63, 3.8) is 0 Å². The average Bonchev–Trinajstić information content (AvgIpc) is 2.87. The molecule has 0 saturated carbocycles. The van der Waals surface area contributed by atoms with Gasteiger partial charge in [-0.05, 0) is 6.07 Å². The highest BCUT2D eigenvalue weighted by molar-refractivity contribution is 5.34. The maximum absolute atomic E-state index is 12.5. The van der Waals surface area contributed by atoms with Crippen molar-refractivity contribution < 1.29 is 18.3 Å². The second-order valence-electron chi connectivity index (χ2n) is 4.52. The summed E-state index contributed by atoms with van der Waals surface area (Å²) in [5.41, 5.74) is -0.540. The molecule has 2 heterocycles. The molecule has 5 nitrogen and oxygen atoms in total. The molecule has 0 aliphatic heterocycles. The van der Waals surface area contributed by atoms with Crippen molar-refractivity contribution in [3.8, 4) is 5.69 Å². The molecule has 0 atom stereocenters. The van der Waals surface area contributed by atoms with Gasteiger partial charge in [-0.2, -0.15) is 18.3 Å². The highest BCUT2D eigenvalue weighted by Gasteiger charge is 2.33. The van der Waals surface area contributed by atoms with Crippen LogP contribution in [0.2, 0.25) is 0 Å². The Morgan fingerprint density at radius 2 is 2.05 bits per heavy atom. The predicted molar refractivity (Wildman–Crippen MR) is 64.2 cm³/mol. The van der Waals surface area contributed by atoms with Gasteiger partial charge < -0.3 is 5.11 Å². The molecule has 0 saturated heterocycles. The van der Waals surface area contributed by atoms with Crippen LogP contribution in [0.1, 0.15) is 37.0 Å². The second kappa shape index (κ2) is 5.20. The van der Waals surface area contributed by atoms with Crippen LogP contribution in [0.5, 0.6) is 0 Å². The number of nitrogens with zero attached hydrogens (tertiary/aromatic N) is 4. The molecule has 0 bridgehead atoms. The number of halogens is 3. The van der Waals surface area contributed by atoms with Crippen LogP contribution in [0.15, 0.2) is 18.5 Å². The monoisotopic (exact) mass is 286 g/mol. The van der Waals surface area contributed by atoms with Gasteiger partial charge in [0.05, 0.1) is 18.5 Å². The van der Waals surface area contributed by atoms with Crippen molar-refractivity contribution >= 4 is 0 Å². The molecule has 0 aliphatic rings. The van der Waals surface area contributed by atoms with Crippen molar-refractivity contribution in [1.82, 2.24) is 19.7 Å². The fourth-order valence-electron chi connectivity index (χ4n) is 1.62. The molecular weight excluding hydrogens is 273 g/mol. The van der Waals surface area contributed by atoms with Crippen LogP contribution in [0, 0.1) is 0 Å². The van der Waals surface area contributed by atoms with E-state index >= 15 is 0 Å². The summed E-state index contributed by atoms with van der Waals surface area (Å²) in [6.07, 6.45) is -1.99. The van der Waals surface area contributed by atoms with E-state index in [-0.39, 0.29) is 17.3 Å². The maximum Gasteiger partial charge on any atom is 0.435 e. The van der Waals surface area contributed by atoms with Crippen molar-refractivity contribution in [2.75, 3.05) is 0 Å². The van der Waals surface area contributed by atoms with Crippen molar-refractivity contribution in [2.45, 2.75) is 32.5 Å². The van der Waals surface area contributed by atoms with Crippen LogP contribution < -0.4 is 0 Å². The van der Waals surface area contributed by atoms with Crippen LogP contribution >= 0.6 is 0 Å². The Kier molecular flexibility index (Phi) is 3.76. The van der Waals surface area contributed by atoms with Gasteiger partial charge in [0.1, 0.15) is 11.5 Å². The smallest absolute Gasteiger partial charge is 0.390 e. The molecule has 0 aromatic carbocycles. The molecule has 1 N–H and O–H groups in total. The quantitative estimate of drug-likeness (QED) is 0.940. The maximum atomic E-state index is 12.5. The lowest BCUT2D eigenvalue weighted by molar-refractivity contribution is -0.141. The largest absolute Gasteiger partial charge is 0.435 e. The molecule has 0 fully saturated rings. The molecule has 20 heavy (non-hydrogen) atoms. The molecule has 2 aromatic heterocycles. The first-order valence-electron chi connectivity index (χ1n) is 5.93. The van der Waals surface area contributed by atoms with Gasteiger partial charge in [0.25, 0.3) is 0 Å². The van der Waals surface area contributed by atoms with E-state index < -0.39 is 18.5 Å². The SMILES string of the molecule is CC(C)c1ncc(-n2ccc(C(F)(F)F)n2)c(CO)n1. The van der Waals surface area contributed by atoms with E-state index in [0.717, 1.165) is 16.9 Å². The van der Waals surface area contributed by atoms with E-state index in [2.05, 4.69) is 15.1 Å². The minimum Gasteiger partial charge on any atom is -0.390 e. The standard InChI is InChI=1S/C12H13F3N4O/c1-7(2)11-16-5-9(8(6-20)17-11)19-4-3-10(18-19)12(13,14)15/h3-5,7,20H,6H2,1-2H3. The first kappa shape index (κ1) is 14.4. The summed E-state index contributed by atoms with van der Waals surface area (Å²) in [7, 11) is 0. The van der Waals surface area contributed by atoms with Crippen LogP contribution in [-0.4, -0.2) is 24.9 Å². The fourth-order valence-corrected chi connectivity index (χ4v) is 1.62. The summed E-state index contributed by atoms with van der Waals surface area (Å²) in [6.45, 7) is 3.36. The van der Waals surface area contributed by atoms with Gasteiger partial charge in [0.2, 0.25) is 0 Å². The van der Waals surface area contributed by atoms with Gasteiger partial charge in [0.15, 0.2) is 5.69 Å². The number of hydrogen-bond donors (Lipinski definition) is 1. The van der Waals surface area contributed by atoms with Crippen LogP contribution in [0.4, 0.5) is 13.2 Å². The number of hydrogen-bond acceptors (Lipinski definition) is 4. The Labute approximate surface area is 113 Å². The summed E-state index contributed by atoms with van der Waals surface area (Å²) >= 11 is 0. The molecule has 0 aliphatic carbocycles. The van der Waals surface area contributed by atoms with Gasteiger partial charge in [-0.25, -0.2) is 14.6 Å². The van der Waals surface area contributed by atoms with Crippen LogP contribution in [0.25, 0.3) is 5.69 Å². The average molecular weight is 286 g/mol. The zero-order valence-electron chi connectivity index (χ0n) is 10.9. The molecule has 0 radical (unpaired) electrons. The number of aliphatic hydroxyl groups excluding tert-OH is 1. The Bertz CT molecular complexity index is 607. The summed E-state index contributed by atoms with van der Waals surface area (Å²) < 4.78 is 38.6. The first-order chi connectivity index (χ1) is 9.32. The second-order valence-corrected chi connectivity index (χ2v) is 4.52. The highest BCUT2D eigenvalue weighted by Crippen LogP contribution is 2.28. The van der Waals surface area contributed by atoms with Gasteiger partial charge >= 0.3 is 6.18 Å². The number of aliphatic hydroxyl groups is 1. The Morgan fingerprint density at radius 1 is 1.35 bits per heavy atom. The summed E-state index contributed by atoms with van der Waals surface area (Å²) in [6, 6.07) is 0.859. The third-order valence-electron chi connectivity index (χ3n) is 2.66. The van der Waals surface area contributed by atoms with Crippen molar-refractivity contribution in [3.05, 3.63) is 35.7 Å². The number of aromatic nitrogens is 4. The topological polar surface area (TPSA) is 63.8 Å². The summed E-state index contributed by atoms with van der Waals surface area (Å²) in [5, 5.41) is 12.7. The Hall–Kier alpha value is -1.96.